The molecule has 0 fully saturated rings. The average Bonchev–Trinajstić information content (AvgIpc) is 3.62. The fourth-order valence-electron chi connectivity index (χ4n) is 4.49. The Labute approximate surface area is 241 Å². The van der Waals surface area contributed by atoms with Crippen LogP contribution in [0.5, 0.6) is 0 Å². The molecule has 2 aromatic heterocycles. The van der Waals surface area contributed by atoms with Crippen LogP contribution in [0.4, 0.5) is 10.1 Å². The minimum atomic E-state index is -0.495. The smallest absolute Gasteiger partial charge is 0.261 e. The molecule has 0 saturated carbocycles. The van der Waals surface area contributed by atoms with Gasteiger partial charge in [-0.25, -0.2) is 9.37 Å². The van der Waals surface area contributed by atoms with Crippen molar-refractivity contribution in [3.63, 3.8) is 0 Å². The standard InChI is InChI=1S/C32H28FN5O2S/c1-2-3-13-36-31(39)29-18-25-17-27(11-12-28(25)41-29)38(32(40)24-5-4-6-26(33)16-24)21-30-35-14-15-37(30)20-23-9-7-22(19-34)8-10-23/h4-12,14-18H,2-3,13,20-21H2,1H3,(H,36,39). The minimum Gasteiger partial charge on any atom is -0.351 e. The maximum atomic E-state index is 14.1. The number of hydrogen-bond acceptors (Lipinski definition) is 5. The predicted molar refractivity (Wildman–Crippen MR) is 158 cm³/mol. The molecule has 0 aliphatic rings. The fourth-order valence-corrected chi connectivity index (χ4v) is 5.45. The molecular formula is C32H28FN5O2S. The molecule has 5 rings (SSSR count). The van der Waals surface area contributed by atoms with Crippen LogP contribution in [0.3, 0.4) is 0 Å². The Bertz CT molecular complexity index is 1740. The van der Waals surface area contributed by atoms with Gasteiger partial charge in [0.05, 0.1) is 23.1 Å². The lowest BCUT2D eigenvalue weighted by Crippen LogP contribution is -2.31. The number of carbonyl (C=O) groups is 2. The van der Waals surface area contributed by atoms with Gasteiger partial charge < -0.3 is 14.8 Å². The Morgan fingerprint density at radius 1 is 1.10 bits per heavy atom. The topological polar surface area (TPSA) is 91.0 Å². The van der Waals surface area contributed by atoms with Crippen LogP contribution >= 0.6 is 11.3 Å². The average molecular weight is 566 g/mol. The fraction of sp³-hybridized carbons (Fsp3) is 0.188. The number of imidazole rings is 1. The summed E-state index contributed by atoms with van der Waals surface area (Å²) in [5, 5.41) is 12.9. The highest BCUT2D eigenvalue weighted by molar-refractivity contribution is 7.20. The van der Waals surface area contributed by atoms with E-state index in [0.29, 0.717) is 35.0 Å². The number of fused-ring (bicyclic) bond motifs is 1. The van der Waals surface area contributed by atoms with Gasteiger partial charge in [0, 0.05) is 41.4 Å². The van der Waals surface area contributed by atoms with Gasteiger partial charge in [0.25, 0.3) is 11.8 Å². The number of rotatable bonds is 10. The third-order valence-corrected chi connectivity index (χ3v) is 7.82. The van der Waals surface area contributed by atoms with E-state index in [0.717, 1.165) is 28.5 Å². The van der Waals surface area contributed by atoms with Crippen LogP contribution in [0.15, 0.2) is 85.2 Å². The SMILES string of the molecule is CCCCNC(=O)c1cc2cc(N(Cc3nccn3Cc3ccc(C#N)cc3)C(=O)c3cccc(F)c3)ccc2s1. The Morgan fingerprint density at radius 3 is 2.68 bits per heavy atom. The van der Waals surface area contributed by atoms with Gasteiger partial charge in [-0.1, -0.05) is 31.5 Å². The zero-order valence-electron chi connectivity index (χ0n) is 22.5. The van der Waals surface area contributed by atoms with Gasteiger partial charge >= 0.3 is 0 Å². The number of anilines is 1. The first-order chi connectivity index (χ1) is 19.9. The molecule has 2 amide bonds. The third kappa shape index (κ3) is 6.51. The Hall–Kier alpha value is -4.81. The second-order valence-electron chi connectivity index (χ2n) is 9.62. The quantitative estimate of drug-likeness (QED) is 0.195. The highest BCUT2D eigenvalue weighted by atomic mass is 32.1. The van der Waals surface area contributed by atoms with E-state index >= 15 is 0 Å². The van der Waals surface area contributed by atoms with E-state index in [2.05, 4.69) is 23.3 Å². The zero-order valence-corrected chi connectivity index (χ0v) is 23.3. The Kier molecular flexibility index (Phi) is 8.51. The van der Waals surface area contributed by atoms with Crippen LogP contribution in [0.1, 0.15) is 56.7 Å². The molecule has 7 nitrogen and oxygen atoms in total. The molecular weight excluding hydrogens is 537 g/mol. The van der Waals surface area contributed by atoms with Gasteiger partial charge in [0.1, 0.15) is 11.6 Å². The molecule has 0 saturated heterocycles. The van der Waals surface area contributed by atoms with E-state index in [4.69, 9.17) is 5.26 Å². The number of nitrogens with zero attached hydrogens (tertiary/aromatic N) is 4. The lowest BCUT2D eigenvalue weighted by molar-refractivity contribution is 0.0955. The van der Waals surface area contributed by atoms with Crippen LogP contribution in [0, 0.1) is 17.1 Å². The van der Waals surface area contributed by atoms with Crippen molar-refractivity contribution in [2.24, 2.45) is 0 Å². The van der Waals surface area contributed by atoms with Gasteiger partial charge in [-0.2, -0.15) is 5.26 Å². The van der Waals surface area contributed by atoms with Crippen molar-refractivity contribution in [3.8, 4) is 6.07 Å². The first-order valence-electron chi connectivity index (χ1n) is 13.3. The predicted octanol–water partition coefficient (Wildman–Crippen LogP) is 6.53. The third-order valence-electron chi connectivity index (χ3n) is 6.71. The monoisotopic (exact) mass is 565 g/mol. The van der Waals surface area contributed by atoms with Crippen LogP contribution in [0.2, 0.25) is 0 Å². The molecule has 41 heavy (non-hydrogen) atoms. The molecule has 0 aliphatic carbocycles. The number of benzene rings is 3. The molecule has 9 heteroatoms. The lowest BCUT2D eigenvalue weighted by Gasteiger charge is -2.23. The summed E-state index contributed by atoms with van der Waals surface area (Å²) in [7, 11) is 0. The molecule has 1 N–H and O–H groups in total. The number of amides is 2. The van der Waals surface area contributed by atoms with E-state index in [9.17, 15) is 14.0 Å². The van der Waals surface area contributed by atoms with E-state index < -0.39 is 5.82 Å². The van der Waals surface area contributed by atoms with Crippen molar-refractivity contribution in [3.05, 3.63) is 118 Å². The van der Waals surface area contributed by atoms with Crippen LogP contribution < -0.4 is 10.2 Å². The van der Waals surface area contributed by atoms with Crippen molar-refractivity contribution in [2.45, 2.75) is 32.9 Å². The lowest BCUT2D eigenvalue weighted by atomic mass is 10.1. The number of hydrogen-bond donors (Lipinski definition) is 1. The van der Waals surface area contributed by atoms with Gasteiger partial charge in [-0.15, -0.1) is 11.3 Å². The van der Waals surface area contributed by atoms with E-state index in [1.807, 2.05) is 47.2 Å². The molecule has 0 bridgehead atoms. The molecule has 0 radical (unpaired) electrons. The summed E-state index contributed by atoms with van der Waals surface area (Å²) >= 11 is 1.40. The van der Waals surface area contributed by atoms with Crippen molar-refractivity contribution in [1.29, 1.82) is 5.26 Å². The largest absolute Gasteiger partial charge is 0.351 e. The molecule has 206 valence electrons. The van der Waals surface area contributed by atoms with Crippen LogP contribution in [-0.2, 0) is 13.1 Å². The number of thiophene rings is 1. The molecule has 3 aromatic carbocycles. The van der Waals surface area contributed by atoms with Crippen LogP contribution in [0.25, 0.3) is 10.1 Å². The number of nitrogens with one attached hydrogen (secondary N) is 1. The molecule has 0 spiro atoms. The first-order valence-corrected chi connectivity index (χ1v) is 14.1. The van der Waals surface area contributed by atoms with Crippen molar-refractivity contribution < 1.29 is 14.0 Å². The van der Waals surface area contributed by atoms with Gasteiger partial charge in [0.15, 0.2) is 0 Å². The summed E-state index contributed by atoms with van der Waals surface area (Å²) < 4.78 is 17.0. The Balaban J connectivity index is 1.47. The molecule has 0 aliphatic heterocycles. The first kappa shape index (κ1) is 27.7. The minimum absolute atomic E-state index is 0.112. The van der Waals surface area contributed by atoms with E-state index in [1.54, 1.807) is 29.3 Å². The summed E-state index contributed by atoms with van der Waals surface area (Å²) in [5.41, 5.74) is 2.39. The molecule has 0 atom stereocenters. The summed E-state index contributed by atoms with van der Waals surface area (Å²) in [5.74, 6) is -0.339. The second-order valence-corrected chi connectivity index (χ2v) is 10.7. The van der Waals surface area contributed by atoms with Crippen molar-refractivity contribution in [2.75, 3.05) is 11.4 Å². The van der Waals surface area contributed by atoms with Gasteiger partial charge in [0.2, 0.25) is 0 Å². The summed E-state index contributed by atoms with van der Waals surface area (Å²) in [6.45, 7) is 3.34. The number of unbranched alkanes of at least 4 members (excludes halogenated alkanes) is 1. The maximum Gasteiger partial charge on any atom is 0.261 e. The molecule has 5 aromatic rings. The number of aromatic nitrogens is 2. The van der Waals surface area contributed by atoms with E-state index in [1.165, 1.54) is 29.5 Å². The zero-order chi connectivity index (χ0) is 28.8. The van der Waals surface area contributed by atoms with Crippen LogP contribution in [-0.4, -0.2) is 27.9 Å². The summed E-state index contributed by atoms with van der Waals surface area (Å²) in [6, 6.07) is 22.5. The van der Waals surface area contributed by atoms with Crippen molar-refractivity contribution in [1.82, 2.24) is 14.9 Å². The number of carbonyl (C=O) groups excluding carboxylic acids is 2. The van der Waals surface area contributed by atoms with Crippen molar-refractivity contribution >= 4 is 38.9 Å². The highest BCUT2D eigenvalue weighted by Gasteiger charge is 2.22. The summed E-state index contributed by atoms with van der Waals surface area (Å²) in [6.07, 6.45) is 5.43. The molecule has 2 heterocycles. The summed E-state index contributed by atoms with van der Waals surface area (Å²) in [4.78, 5) is 33.1. The second kappa shape index (κ2) is 12.6. The highest BCUT2D eigenvalue weighted by Crippen LogP contribution is 2.31. The van der Waals surface area contributed by atoms with Gasteiger partial charge in [-0.05, 0) is 72.0 Å². The number of nitriles is 1. The van der Waals surface area contributed by atoms with Gasteiger partial charge in [-0.3, -0.25) is 9.59 Å². The normalized spacial score (nSPS) is 10.9. The number of halogens is 1. The Morgan fingerprint density at radius 2 is 1.93 bits per heavy atom. The molecule has 0 unspecified atom stereocenters. The van der Waals surface area contributed by atoms with E-state index in [-0.39, 0.29) is 23.9 Å². The maximum absolute atomic E-state index is 14.1.